The quantitative estimate of drug-likeness (QED) is 0.575. The summed E-state index contributed by atoms with van der Waals surface area (Å²) in [5.74, 6) is -0.264. The highest BCUT2D eigenvalue weighted by molar-refractivity contribution is 7.92. The van der Waals surface area contributed by atoms with Gasteiger partial charge >= 0.3 is 0 Å². The van der Waals surface area contributed by atoms with Crippen molar-refractivity contribution in [1.29, 1.82) is 5.26 Å². The third-order valence-corrected chi connectivity index (χ3v) is 6.29. The van der Waals surface area contributed by atoms with E-state index in [-0.39, 0.29) is 11.6 Å². The van der Waals surface area contributed by atoms with Crippen LogP contribution in [0.1, 0.15) is 48.5 Å². The van der Waals surface area contributed by atoms with E-state index in [1.165, 1.54) is 16.9 Å². The lowest BCUT2D eigenvalue weighted by Gasteiger charge is -2.21. The van der Waals surface area contributed by atoms with Gasteiger partial charge in [-0.05, 0) is 24.8 Å². The summed E-state index contributed by atoms with van der Waals surface area (Å²) in [5.41, 5.74) is 7.79. The van der Waals surface area contributed by atoms with Crippen molar-refractivity contribution in [3.8, 4) is 17.2 Å². The van der Waals surface area contributed by atoms with Gasteiger partial charge < -0.3 is 5.73 Å². The minimum Gasteiger partial charge on any atom is -0.366 e. The van der Waals surface area contributed by atoms with Crippen LogP contribution in [-0.4, -0.2) is 40.0 Å². The Labute approximate surface area is 179 Å². The summed E-state index contributed by atoms with van der Waals surface area (Å²) >= 11 is 0. The molecule has 4 rings (SSSR count). The summed E-state index contributed by atoms with van der Waals surface area (Å²) in [6.45, 7) is 0. The number of carbonyl (C=O) groups excluding carboxylic acids is 1. The third kappa shape index (κ3) is 4.25. The fourth-order valence-electron chi connectivity index (χ4n) is 4.38. The highest BCUT2D eigenvalue weighted by Crippen LogP contribution is 2.37. The molecule has 10 nitrogen and oxygen atoms in total. The maximum atomic E-state index is 12.1. The molecule has 11 heteroatoms. The van der Waals surface area contributed by atoms with Gasteiger partial charge in [-0.15, -0.1) is 0 Å². The highest BCUT2D eigenvalue weighted by Gasteiger charge is 2.28. The summed E-state index contributed by atoms with van der Waals surface area (Å²) in [5, 5.41) is 18.0. The largest absolute Gasteiger partial charge is 0.366 e. The maximum absolute atomic E-state index is 12.1. The van der Waals surface area contributed by atoms with Crippen molar-refractivity contribution in [3.05, 3.63) is 36.4 Å². The third-order valence-electron chi connectivity index (χ3n) is 5.68. The highest BCUT2D eigenvalue weighted by atomic mass is 32.2. The lowest BCUT2D eigenvalue weighted by atomic mass is 9.96. The molecule has 1 aliphatic rings. The molecule has 0 aromatic carbocycles. The Balaban J connectivity index is 1.82. The van der Waals surface area contributed by atoms with Gasteiger partial charge in [0.2, 0.25) is 10.0 Å². The van der Waals surface area contributed by atoms with Crippen LogP contribution in [0.15, 0.2) is 30.9 Å². The first-order valence-corrected chi connectivity index (χ1v) is 11.9. The number of sulfonamides is 1. The molecule has 1 saturated carbocycles. The zero-order valence-corrected chi connectivity index (χ0v) is 17.8. The first kappa shape index (κ1) is 20.9. The Morgan fingerprint density at radius 2 is 2.06 bits per heavy atom. The molecule has 162 valence electrons. The van der Waals surface area contributed by atoms with Crippen LogP contribution in [0.2, 0.25) is 0 Å². The predicted octanol–water partition coefficient (Wildman–Crippen LogP) is 2.31. The fourth-order valence-corrected chi connectivity index (χ4v) is 4.92. The number of rotatable bonds is 7. The van der Waals surface area contributed by atoms with E-state index in [9.17, 15) is 18.5 Å². The molecule has 1 amide bonds. The molecule has 1 fully saturated rings. The number of nitrogens with one attached hydrogen (secondary N) is 1. The van der Waals surface area contributed by atoms with E-state index in [2.05, 4.69) is 21.0 Å². The van der Waals surface area contributed by atoms with E-state index >= 15 is 0 Å². The Kier molecular flexibility index (Phi) is 5.41. The number of nitriles is 1. The minimum atomic E-state index is -3.48. The molecule has 3 aromatic rings. The van der Waals surface area contributed by atoms with Gasteiger partial charge in [0.1, 0.15) is 0 Å². The second-order valence-electron chi connectivity index (χ2n) is 7.91. The number of fused-ring (bicyclic) bond motifs is 1. The lowest BCUT2D eigenvalue weighted by Crippen LogP contribution is -2.17. The standard InChI is InChI=1S/C20H23N7O3S/c1-31(29,30)25-15-8-18-19(16(20(22)28)10-24-27(18)12-15)14-9-23-26(11-14)17(6-7-21)13-4-2-3-5-13/h8-13,17,25H,2-6H2,1H3,(H2,22,28). The number of nitrogens with zero attached hydrogens (tertiary/aromatic N) is 5. The summed E-state index contributed by atoms with van der Waals surface area (Å²) in [6.07, 6.45) is 12.2. The van der Waals surface area contributed by atoms with Crippen LogP contribution in [0.5, 0.6) is 0 Å². The molecule has 3 N–H and O–H groups in total. The van der Waals surface area contributed by atoms with Gasteiger partial charge in [-0.3, -0.25) is 14.2 Å². The van der Waals surface area contributed by atoms with E-state index in [0.29, 0.717) is 34.7 Å². The van der Waals surface area contributed by atoms with Gasteiger partial charge in [0.25, 0.3) is 5.91 Å². The number of amides is 1. The molecule has 0 bridgehead atoms. The first-order chi connectivity index (χ1) is 14.8. The van der Waals surface area contributed by atoms with Crippen molar-refractivity contribution in [2.75, 3.05) is 11.0 Å². The van der Waals surface area contributed by atoms with Gasteiger partial charge in [-0.25, -0.2) is 12.9 Å². The number of nitrogens with two attached hydrogens (primary N) is 1. The van der Waals surface area contributed by atoms with Crippen LogP contribution in [-0.2, 0) is 10.0 Å². The monoisotopic (exact) mass is 441 g/mol. The van der Waals surface area contributed by atoms with Crippen molar-refractivity contribution in [1.82, 2.24) is 19.4 Å². The Bertz CT molecular complexity index is 1280. The molecular formula is C20H23N7O3S. The number of hydrogen-bond acceptors (Lipinski definition) is 6. The number of aromatic nitrogens is 4. The Morgan fingerprint density at radius 1 is 1.32 bits per heavy atom. The number of hydrogen-bond donors (Lipinski definition) is 2. The summed E-state index contributed by atoms with van der Waals surface area (Å²) in [6, 6.07) is 3.82. The molecule has 0 radical (unpaired) electrons. The molecule has 0 spiro atoms. The van der Waals surface area contributed by atoms with Crippen LogP contribution in [0.4, 0.5) is 5.69 Å². The van der Waals surface area contributed by atoms with Crippen molar-refractivity contribution >= 4 is 27.1 Å². The van der Waals surface area contributed by atoms with Crippen LogP contribution >= 0.6 is 0 Å². The van der Waals surface area contributed by atoms with E-state index in [1.807, 2.05) is 6.20 Å². The molecule has 0 saturated heterocycles. The van der Waals surface area contributed by atoms with Crippen molar-refractivity contribution in [2.24, 2.45) is 11.7 Å². The second-order valence-corrected chi connectivity index (χ2v) is 9.66. The average Bonchev–Trinajstić information content (AvgIpc) is 3.43. The summed E-state index contributed by atoms with van der Waals surface area (Å²) < 4.78 is 28.9. The molecular weight excluding hydrogens is 418 g/mol. The zero-order valence-electron chi connectivity index (χ0n) is 17.0. The molecule has 0 aliphatic heterocycles. The molecule has 1 unspecified atom stereocenters. The van der Waals surface area contributed by atoms with Crippen LogP contribution in [0, 0.1) is 17.2 Å². The first-order valence-electron chi connectivity index (χ1n) is 9.97. The van der Waals surface area contributed by atoms with E-state index in [0.717, 1.165) is 31.9 Å². The number of anilines is 1. The molecule has 3 aromatic heterocycles. The van der Waals surface area contributed by atoms with Crippen molar-refractivity contribution < 1.29 is 13.2 Å². The zero-order chi connectivity index (χ0) is 22.2. The van der Waals surface area contributed by atoms with Crippen molar-refractivity contribution in [3.63, 3.8) is 0 Å². The summed E-state index contributed by atoms with van der Waals surface area (Å²) in [4.78, 5) is 12.1. The van der Waals surface area contributed by atoms with Gasteiger partial charge in [-0.2, -0.15) is 15.5 Å². The van der Waals surface area contributed by atoms with Gasteiger partial charge in [0.15, 0.2) is 0 Å². The summed E-state index contributed by atoms with van der Waals surface area (Å²) in [7, 11) is -3.48. The van der Waals surface area contributed by atoms with Gasteiger partial charge in [0.05, 0.1) is 60.1 Å². The van der Waals surface area contributed by atoms with Gasteiger partial charge in [0, 0.05) is 17.3 Å². The molecule has 3 heterocycles. The molecule has 31 heavy (non-hydrogen) atoms. The van der Waals surface area contributed by atoms with Crippen molar-refractivity contribution in [2.45, 2.75) is 38.1 Å². The SMILES string of the molecule is CS(=O)(=O)Nc1cc2c(-c3cnn(C(CC#N)C4CCCC4)c3)c(C(N)=O)cnn2c1. The number of carbonyl (C=O) groups is 1. The molecule has 1 aliphatic carbocycles. The van der Waals surface area contributed by atoms with E-state index < -0.39 is 15.9 Å². The van der Waals surface area contributed by atoms with E-state index in [1.54, 1.807) is 16.9 Å². The minimum absolute atomic E-state index is 0.0367. The average molecular weight is 442 g/mol. The Morgan fingerprint density at radius 3 is 2.71 bits per heavy atom. The van der Waals surface area contributed by atoms with E-state index in [4.69, 9.17) is 5.73 Å². The predicted molar refractivity (Wildman–Crippen MR) is 115 cm³/mol. The van der Waals surface area contributed by atoms with Crippen LogP contribution in [0.25, 0.3) is 16.6 Å². The normalized spacial score (nSPS) is 15.7. The lowest BCUT2D eigenvalue weighted by molar-refractivity contribution is 0.100. The van der Waals surface area contributed by atoms with Crippen LogP contribution < -0.4 is 10.5 Å². The van der Waals surface area contributed by atoms with Crippen LogP contribution in [0.3, 0.4) is 0 Å². The smallest absolute Gasteiger partial charge is 0.251 e. The number of primary amides is 1. The molecule has 1 atom stereocenters. The topological polar surface area (TPSA) is 148 Å². The second kappa shape index (κ2) is 8.03. The maximum Gasteiger partial charge on any atom is 0.251 e. The fraction of sp³-hybridized carbons (Fsp3) is 0.400. The van der Waals surface area contributed by atoms with Gasteiger partial charge in [-0.1, -0.05) is 12.8 Å². The Hall–Kier alpha value is -3.39.